The lowest BCUT2D eigenvalue weighted by Gasteiger charge is -2.34. The highest BCUT2D eigenvalue weighted by Gasteiger charge is 2.37. The molecule has 0 fully saturated rings. The fourth-order valence-corrected chi connectivity index (χ4v) is 4.34. The summed E-state index contributed by atoms with van der Waals surface area (Å²) in [5.41, 5.74) is -0.325. The number of hydrogen-bond donors (Lipinski definition) is 4. The molecule has 2 atom stereocenters. The molecule has 45 heavy (non-hydrogen) atoms. The molecule has 2 aromatic rings. The number of rotatable bonds is 11. The van der Waals surface area contributed by atoms with Crippen LogP contribution in [-0.2, 0) is 36.8 Å². The molecule has 0 aliphatic rings. The van der Waals surface area contributed by atoms with Crippen LogP contribution >= 0.6 is 0 Å². The fourth-order valence-electron chi connectivity index (χ4n) is 4.34. The molecular formula is C34H49N3O8. The summed E-state index contributed by atoms with van der Waals surface area (Å²) in [6.45, 7) is 16.2. The third-order valence-corrected chi connectivity index (χ3v) is 6.40. The van der Waals surface area contributed by atoms with E-state index in [2.05, 4.69) is 16.0 Å². The number of anilines is 1. The number of carbonyl (C=O) groups is 4. The largest absolute Gasteiger partial charge is 0.506 e. The lowest BCUT2D eigenvalue weighted by Crippen LogP contribution is -2.45. The van der Waals surface area contributed by atoms with Gasteiger partial charge in [-0.25, -0.2) is 9.59 Å². The van der Waals surface area contributed by atoms with Crippen molar-refractivity contribution in [1.29, 1.82) is 0 Å². The number of benzene rings is 2. The average Bonchev–Trinajstić information content (AvgIpc) is 2.89. The first-order valence-electron chi connectivity index (χ1n) is 15.0. The van der Waals surface area contributed by atoms with Crippen LogP contribution in [0.15, 0.2) is 48.5 Å². The van der Waals surface area contributed by atoms with E-state index in [-0.39, 0.29) is 43.4 Å². The van der Waals surface area contributed by atoms with E-state index in [4.69, 9.17) is 14.2 Å². The van der Waals surface area contributed by atoms with Crippen LogP contribution in [0.1, 0.15) is 79.9 Å². The zero-order valence-electron chi connectivity index (χ0n) is 27.9. The van der Waals surface area contributed by atoms with Gasteiger partial charge < -0.3 is 35.3 Å². The summed E-state index contributed by atoms with van der Waals surface area (Å²) in [7, 11) is 0. The van der Waals surface area contributed by atoms with Gasteiger partial charge in [0.15, 0.2) is 0 Å². The molecule has 0 bridgehead atoms. The molecule has 2 aromatic carbocycles. The second-order valence-corrected chi connectivity index (χ2v) is 14.1. The second-order valence-electron chi connectivity index (χ2n) is 14.1. The Morgan fingerprint density at radius 3 is 2.00 bits per heavy atom. The molecule has 4 N–H and O–H groups in total. The van der Waals surface area contributed by atoms with E-state index in [9.17, 15) is 24.3 Å². The minimum atomic E-state index is -0.763. The predicted molar refractivity (Wildman–Crippen MR) is 172 cm³/mol. The number of phenolic OH excluding ortho intramolecular Hbond substituents is 1. The predicted octanol–water partition coefficient (Wildman–Crippen LogP) is 6.09. The summed E-state index contributed by atoms with van der Waals surface area (Å²) in [6, 6.07) is 13.2. The molecule has 248 valence electrons. The average molecular weight is 628 g/mol. The van der Waals surface area contributed by atoms with Crippen LogP contribution in [0.25, 0.3) is 0 Å². The summed E-state index contributed by atoms with van der Waals surface area (Å²) < 4.78 is 16.3. The topological polar surface area (TPSA) is 152 Å². The first kappa shape index (κ1) is 36.9. The standard InChI is InChI=1S/C34H49N3O8/c1-32(2,3)25(29(40)44-33(4,5)6)19-24(36-31(42)45-34(7,8)9)17-23-15-16-27(38)26(18-23)37-28(39)20-35-30(41)43-21-22-13-11-10-12-14-22/h10-16,18,24-25,38H,17,19-21H2,1-9H3,(H,35,41)(H,36,42)(H,37,39)/t24?,25-/m0/s1. The summed E-state index contributed by atoms with van der Waals surface area (Å²) in [4.78, 5) is 50.7. The van der Waals surface area contributed by atoms with Crippen LogP contribution in [0.4, 0.5) is 15.3 Å². The molecule has 2 rings (SSSR count). The van der Waals surface area contributed by atoms with Crippen molar-refractivity contribution in [3.05, 3.63) is 59.7 Å². The molecule has 0 saturated heterocycles. The van der Waals surface area contributed by atoms with Crippen LogP contribution in [0.3, 0.4) is 0 Å². The molecule has 0 heterocycles. The Hall–Kier alpha value is -4.28. The van der Waals surface area contributed by atoms with Gasteiger partial charge in [0.1, 0.15) is 30.1 Å². The van der Waals surface area contributed by atoms with E-state index in [0.29, 0.717) is 5.56 Å². The van der Waals surface area contributed by atoms with Crippen LogP contribution in [0, 0.1) is 11.3 Å². The summed E-state index contributed by atoms with van der Waals surface area (Å²) in [6.07, 6.45) is -0.903. The van der Waals surface area contributed by atoms with Crippen LogP contribution in [0.5, 0.6) is 5.75 Å². The third kappa shape index (κ3) is 14.4. The highest BCUT2D eigenvalue weighted by atomic mass is 16.6. The zero-order valence-corrected chi connectivity index (χ0v) is 27.9. The monoisotopic (exact) mass is 627 g/mol. The van der Waals surface area contributed by atoms with E-state index in [0.717, 1.165) is 5.56 Å². The van der Waals surface area contributed by atoms with Crippen molar-refractivity contribution in [1.82, 2.24) is 10.6 Å². The Kier molecular flexibility index (Phi) is 12.8. The fraction of sp³-hybridized carbons (Fsp3) is 0.529. The van der Waals surface area contributed by atoms with Crippen molar-refractivity contribution in [2.24, 2.45) is 11.3 Å². The van der Waals surface area contributed by atoms with Crippen molar-refractivity contribution in [2.45, 2.75) is 99.0 Å². The molecule has 0 aliphatic carbocycles. The molecule has 1 unspecified atom stereocenters. The highest BCUT2D eigenvalue weighted by molar-refractivity contribution is 5.95. The number of aromatic hydroxyl groups is 1. The molecule has 0 spiro atoms. The molecule has 11 nitrogen and oxygen atoms in total. The summed E-state index contributed by atoms with van der Waals surface area (Å²) in [5.74, 6) is -1.71. The number of carbonyl (C=O) groups excluding carboxylic acids is 4. The van der Waals surface area contributed by atoms with Gasteiger partial charge in [-0.05, 0) is 83.1 Å². The maximum atomic E-state index is 13.3. The van der Waals surface area contributed by atoms with Gasteiger partial charge in [0, 0.05) is 6.04 Å². The smallest absolute Gasteiger partial charge is 0.407 e. The van der Waals surface area contributed by atoms with Crippen molar-refractivity contribution in [2.75, 3.05) is 11.9 Å². The molecule has 0 aliphatic heterocycles. The lowest BCUT2D eigenvalue weighted by molar-refractivity contribution is -0.164. The van der Waals surface area contributed by atoms with Crippen molar-refractivity contribution < 1.29 is 38.5 Å². The van der Waals surface area contributed by atoms with Gasteiger partial charge in [0.2, 0.25) is 5.91 Å². The van der Waals surface area contributed by atoms with Crippen molar-refractivity contribution >= 4 is 29.8 Å². The van der Waals surface area contributed by atoms with Gasteiger partial charge in [0.25, 0.3) is 0 Å². The van der Waals surface area contributed by atoms with Crippen LogP contribution in [0.2, 0.25) is 0 Å². The maximum Gasteiger partial charge on any atom is 0.407 e. The zero-order chi connectivity index (χ0) is 34.0. The number of nitrogens with one attached hydrogen (secondary N) is 3. The first-order valence-corrected chi connectivity index (χ1v) is 15.0. The minimum absolute atomic E-state index is 0.0552. The van der Waals surface area contributed by atoms with Gasteiger partial charge in [-0.2, -0.15) is 0 Å². The molecule has 0 aromatic heterocycles. The van der Waals surface area contributed by atoms with Crippen LogP contribution < -0.4 is 16.0 Å². The second kappa shape index (κ2) is 15.6. The third-order valence-electron chi connectivity index (χ3n) is 6.40. The quantitative estimate of drug-likeness (QED) is 0.133. The Morgan fingerprint density at radius 1 is 0.800 bits per heavy atom. The lowest BCUT2D eigenvalue weighted by atomic mass is 9.76. The van der Waals surface area contributed by atoms with Crippen LogP contribution in [-0.4, -0.2) is 53.0 Å². The Morgan fingerprint density at radius 2 is 1.42 bits per heavy atom. The maximum absolute atomic E-state index is 13.3. The minimum Gasteiger partial charge on any atom is -0.506 e. The Balaban J connectivity index is 2.16. The molecule has 0 radical (unpaired) electrons. The number of ether oxygens (including phenoxy) is 3. The van der Waals surface area contributed by atoms with Gasteiger partial charge >= 0.3 is 18.2 Å². The van der Waals surface area contributed by atoms with E-state index in [1.807, 2.05) is 51.1 Å². The van der Waals surface area contributed by atoms with Crippen molar-refractivity contribution in [3.8, 4) is 5.75 Å². The molecule has 0 saturated carbocycles. The Labute approximate surface area is 266 Å². The van der Waals surface area contributed by atoms with Gasteiger partial charge in [-0.1, -0.05) is 57.2 Å². The first-order chi connectivity index (χ1) is 20.7. The van der Waals surface area contributed by atoms with Gasteiger partial charge in [0.05, 0.1) is 11.6 Å². The van der Waals surface area contributed by atoms with Gasteiger partial charge in [-0.15, -0.1) is 0 Å². The summed E-state index contributed by atoms with van der Waals surface area (Å²) >= 11 is 0. The van der Waals surface area contributed by atoms with Gasteiger partial charge in [-0.3, -0.25) is 9.59 Å². The number of alkyl carbamates (subject to hydrolysis) is 2. The van der Waals surface area contributed by atoms with E-state index in [1.165, 1.54) is 6.07 Å². The molecule has 11 heteroatoms. The molecule has 3 amide bonds. The number of esters is 1. The number of amides is 3. The highest BCUT2D eigenvalue weighted by Crippen LogP contribution is 2.33. The normalized spacial score (nSPS) is 13.2. The van der Waals surface area contributed by atoms with E-state index >= 15 is 0 Å². The van der Waals surface area contributed by atoms with Crippen molar-refractivity contribution in [3.63, 3.8) is 0 Å². The summed E-state index contributed by atoms with van der Waals surface area (Å²) in [5, 5.41) is 18.3. The SMILES string of the molecule is CC(C)(C)OC(=O)NC(Cc1ccc(O)c(NC(=O)CNC(=O)OCc2ccccc2)c1)C[C@@H](C(=O)OC(C)(C)C)C(C)(C)C. The molecular weight excluding hydrogens is 578 g/mol. The number of hydrogen-bond acceptors (Lipinski definition) is 8. The van der Waals surface area contributed by atoms with E-state index < -0.39 is 46.7 Å². The Bertz CT molecular complexity index is 1310. The van der Waals surface area contributed by atoms with E-state index in [1.54, 1.807) is 53.7 Å². The number of phenols is 1.